The SMILES string of the molecule is CN1C=Nc2cc(-c3ccc(C(C)(C)O)nc3)nc(Nc3ccncc3)c2C1. The molecule has 0 unspecified atom stereocenters. The number of hydrogen-bond donors (Lipinski definition) is 2. The van der Waals surface area contributed by atoms with Gasteiger partial charge in [-0.1, -0.05) is 0 Å². The summed E-state index contributed by atoms with van der Waals surface area (Å²) in [6.45, 7) is 4.15. The molecule has 0 aromatic carbocycles. The lowest BCUT2D eigenvalue weighted by molar-refractivity contribution is 0.0739. The normalized spacial score (nSPS) is 13.4. The molecule has 0 saturated carbocycles. The molecule has 7 nitrogen and oxygen atoms in total. The fraction of sp³-hybridized carbons (Fsp3) is 0.238. The van der Waals surface area contributed by atoms with Crippen molar-refractivity contribution in [3.63, 3.8) is 0 Å². The molecule has 2 N–H and O–H groups in total. The highest BCUT2D eigenvalue weighted by atomic mass is 16.3. The Kier molecular flexibility index (Phi) is 4.52. The van der Waals surface area contributed by atoms with Gasteiger partial charge in [0.1, 0.15) is 11.4 Å². The fourth-order valence-corrected chi connectivity index (χ4v) is 3.01. The molecule has 0 amide bonds. The van der Waals surface area contributed by atoms with E-state index in [1.165, 1.54) is 0 Å². The van der Waals surface area contributed by atoms with Crippen molar-refractivity contribution in [1.29, 1.82) is 0 Å². The first-order chi connectivity index (χ1) is 13.4. The molecule has 0 bridgehead atoms. The maximum Gasteiger partial charge on any atom is 0.138 e. The van der Waals surface area contributed by atoms with Crippen LogP contribution >= 0.6 is 0 Å². The van der Waals surface area contributed by atoms with E-state index >= 15 is 0 Å². The predicted octanol–water partition coefficient (Wildman–Crippen LogP) is 3.61. The van der Waals surface area contributed by atoms with Crippen molar-refractivity contribution in [3.8, 4) is 11.3 Å². The minimum absolute atomic E-state index is 0.615. The molecule has 0 radical (unpaired) electrons. The molecule has 1 aliphatic heterocycles. The van der Waals surface area contributed by atoms with Crippen LogP contribution in [0.25, 0.3) is 11.3 Å². The van der Waals surface area contributed by atoms with Crippen LogP contribution in [0, 0.1) is 0 Å². The third-order valence-corrected chi connectivity index (χ3v) is 4.53. The van der Waals surface area contributed by atoms with Crippen molar-refractivity contribution >= 4 is 23.5 Å². The quantitative estimate of drug-likeness (QED) is 0.725. The molecule has 4 heterocycles. The van der Waals surface area contributed by atoms with E-state index in [0.717, 1.165) is 40.6 Å². The summed E-state index contributed by atoms with van der Waals surface area (Å²) >= 11 is 0. The monoisotopic (exact) mass is 374 g/mol. The molecule has 0 spiro atoms. The summed E-state index contributed by atoms with van der Waals surface area (Å²) in [5, 5.41) is 13.5. The third-order valence-electron chi connectivity index (χ3n) is 4.53. The number of hydrogen-bond acceptors (Lipinski definition) is 7. The number of rotatable bonds is 4. The van der Waals surface area contributed by atoms with Gasteiger partial charge in [-0.05, 0) is 44.2 Å². The smallest absolute Gasteiger partial charge is 0.138 e. The highest BCUT2D eigenvalue weighted by Crippen LogP contribution is 2.35. The second kappa shape index (κ2) is 7.01. The van der Waals surface area contributed by atoms with Crippen molar-refractivity contribution < 1.29 is 5.11 Å². The Morgan fingerprint density at radius 1 is 1.14 bits per heavy atom. The summed E-state index contributed by atoms with van der Waals surface area (Å²) in [6, 6.07) is 9.51. The first-order valence-corrected chi connectivity index (χ1v) is 9.05. The third kappa shape index (κ3) is 3.70. The highest BCUT2D eigenvalue weighted by Gasteiger charge is 2.20. The van der Waals surface area contributed by atoms with Gasteiger partial charge in [0.15, 0.2) is 0 Å². The minimum Gasteiger partial charge on any atom is -0.384 e. The maximum absolute atomic E-state index is 10.1. The lowest BCUT2D eigenvalue weighted by Gasteiger charge is -2.23. The van der Waals surface area contributed by atoms with Gasteiger partial charge in [-0.3, -0.25) is 9.97 Å². The Balaban J connectivity index is 1.77. The Hall–Kier alpha value is -3.32. The maximum atomic E-state index is 10.1. The summed E-state index contributed by atoms with van der Waals surface area (Å²) in [6.07, 6.45) is 7.03. The number of aliphatic hydroxyl groups is 1. The molecule has 0 fully saturated rings. The van der Waals surface area contributed by atoms with Crippen LogP contribution in [0.3, 0.4) is 0 Å². The number of nitrogens with one attached hydrogen (secondary N) is 1. The summed E-state index contributed by atoms with van der Waals surface area (Å²) in [7, 11) is 1.98. The van der Waals surface area contributed by atoms with Gasteiger partial charge in [0.05, 0.1) is 23.4 Å². The van der Waals surface area contributed by atoms with Crippen LogP contribution in [-0.4, -0.2) is 38.3 Å². The van der Waals surface area contributed by atoms with Crippen molar-refractivity contribution in [2.45, 2.75) is 26.0 Å². The second-order valence-corrected chi connectivity index (χ2v) is 7.37. The van der Waals surface area contributed by atoms with Crippen molar-refractivity contribution in [3.05, 3.63) is 60.2 Å². The molecule has 3 aromatic heterocycles. The molecular weight excluding hydrogens is 352 g/mol. The summed E-state index contributed by atoms with van der Waals surface area (Å²) in [5.74, 6) is 0.758. The van der Waals surface area contributed by atoms with Gasteiger partial charge < -0.3 is 15.3 Å². The van der Waals surface area contributed by atoms with Gasteiger partial charge in [0, 0.05) is 49.0 Å². The number of aliphatic imine (C=N–C) groups is 1. The van der Waals surface area contributed by atoms with Gasteiger partial charge >= 0.3 is 0 Å². The standard InChI is InChI=1S/C21H22N6O/c1-21(2,28)19-5-4-14(11-23-19)17-10-18-16(12-27(3)13-24-18)20(26-17)25-15-6-8-22-9-7-15/h4-11,13,28H,12H2,1-3H3,(H,22,25,26). The minimum atomic E-state index is -0.981. The van der Waals surface area contributed by atoms with Crippen LogP contribution in [0.4, 0.5) is 17.2 Å². The first kappa shape index (κ1) is 18.1. The Morgan fingerprint density at radius 3 is 2.61 bits per heavy atom. The number of nitrogens with zero attached hydrogens (tertiary/aromatic N) is 5. The summed E-state index contributed by atoms with van der Waals surface area (Å²) in [5.41, 5.74) is 4.09. The number of aromatic nitrogens is 3. The van der Waals surface area contributed by atoms with Gasteiger partial charge in [0.2, 0.25) is 0 Å². The van der Waals surface area contributed by atoms with Crippen molar-refractivity contribution in [2.75, 3.05) is 12.4 Å². The van der Waals surface area contributed by atoms with E-state index in [9.17, 15) is 5.11 Å². The summed E-state index contributed by atoms with van der Waals surface area (Å²) < 4.78 is 0. The van der Waals surface area contributed by atoms with Crippen LogP contribution in [0.1, 0.15) is 25.1 Å². The zero-order valence-corrected chi connectivity index (χ0v) is 16.1. The number of anilines is 2. The Bertz CT molecular complexity index is 1010. The lowest BCUT2D eigenvalue weighted by atomic mass is 10.0. The van der Waals surface area contributed by atoms with Crippen LogP contribution in [0.5, 0.6) is 0 Å². The number of pyridine rings is 3. The van der Waals surface area contributed by atoms with E-state index in [1.807, 2.05) is 48.6 Å². The zero-order valence-electron chi connectivity index (χ0n) is 16.1. The first-order valence-electron chi connectivity index (χ1n) is 9.05. The van der Waals surface area contributed by atoms with E-state index in [2.05, 4.69) is 20.3 Å². The second-order valence-electron chi connectivity index (χ2n) is 7.37. The van der Waals surface area contributed by atoms with Crippen LogP contribution in [0.2, 0.25) is 0 Å². The molecule has 28 heavy (non-hydrogen) atoms. The topological polar surface area (TPSA) is 86.5 Å². The molecule has 1 aliphatic rings. The lowest BCUT2D eigenvalue weighted by Crippen LogP contribution is -2.20. The van der Waals surface area contributed by atoms with Crippen molar-refractivity contribution in [2.24, 2.45) is 4.99 Å². The van der Waals surface area contributed by atoms with Crippen LogP contribution < -0.4 is 5.32 Å². The zero-order chi connectivity index (χ0) is 19.7. The van der Waals surface area contributed by atoms with E-state index in [1.54, 1.807) is 32.4 Å². The predicted molar refractivity (Wildman–Crippen MR) is 110 cm³/mol. The molecule has 7 heteroatoms. The molecule has 0 aliphatic carbocycles. The molecule has 3 aromatic rings. The molecule has 0 saturated heterocycles. The molecule has 4 rings (SSSR count). The molecule has 142 valence electrons. The van der Waals surface area contributed by atoms with Crippen LogP contribution in [-0.2, 0) is 12.1 Å². The average Bonchev–Trinajstić information content (AvgIpc) is 2.68. The average molecular weight is 374 g/mol. The van der Waals surface area contributed by atoms with Gasteiger partial charge in [-0.15, -0.1) is 0 Å². The highest BCUT2D eigenvalue weighted by molar-refractivity contribution is 5.77. The molecule has 0 atom stereocenters. The van der Waals surface area contributed by atoms with Gasteiger partial charge in [0.25, 0.3) is 0 Å². The van der Waals surface area contributed by atoms with Gasteiger partial charge in [-0.2, -0.15) is 0 Å². The van der Waals surface area contributed by atoms with E-state index in [0.29, 0.717) is 5.69 Å². The number of fused-ring (bicyclic) bond motifs is 1. The van der Waals surface area contributed by atoms with E-state index in [-0.39, 0.29) is 0 Å². The van der Waals surface area contributed by atoms with Crippen molar-refractivity contribution in [1.82, 2.24) is 19.9 Å². The Morgan fingerprint density at radius 2 is 1.93 bits per heavy atom. The summed E-state index contributed by atoms with van der Waals surface area (Å²) in [4.78, 5) is 19.9. The van der Waals surface area contributed by atoms with Gasteiger partial charge in [-0.25, -0.2) is 9.98 Å². The largest absolute Gasteiger partial charge is 0.384 e. The van der Waals surface area contributed by atoms with Crippen LogP contribution in [0.15, 0.2) is 53.9 Å². The fourth-order valence-electron chi connectivity index (χ4n) is 3.01. The van der Waals surface area contributed by atoms with E-state index in [4.69, 9.17) is 4.98 Å². The van der Waals surface area contributed by atoms with E-state index < -0.39 is 5.60 Å². The Labute approximate surface area is 163 Å². The molecular formula is C21H22N6O.